The van der Waals surface area contributed by atoms with Crippen LogP contribution in [0, 0.1) is 12.8 Å². The number of aromatic nitrogens is 2. The Bertz CT molecular complexity index is 1130. The van der Waals surface area contributed by atoms with E-state index in [4.69, 9.17) is 0 Å². The zero-order valence-corrected chi connectivity index (χ0v) is 19.9. The summed E-state index contributed by atoms with van der Waals surface area (Å²) in [7, 11) is 0. The van der Waals surface area contributed by atoms with E-state index in [1.165, 1.54) is 22.7 Å². The number of hydrogen-bond donors (Lipinski definition) is 2. The SMILES string of the molecule is Cc1cccnc1NC(=O)C1CCCN(C(=O)Cc2csc(NC(=O)Cc3cccs3)n2)C1. The molecule has 3 amide bonds. The second kappa shape index (κ2) is 10.7. The molecule has 1 aliphatic heterocycles. The molecule has 0 saturated carbocycles. The summed E-state index contributed by atoms with van der Waals surface area (Å²) in [6.45, 7) is 2.90. The predicted molar refractivity (Wildman–Crippen MR) is 129 cm³/mol. The minimum Gasteiger partial charge on any atom is -0.342 e. The molecule has 33 heavy (non-hydrogen) atoms. The lowest BCUT2D eigenvalue weighted by atomic mass is 9.96. The van der Waals surface area contributed by atoms with Gasteiger partial charge in [0.25, 0.3) is 0 Å². The fourth-order valence-electron chi connectivity index (χ4n) is 3.70. The van der Waals surface area contributed by atoms with Gasteiger partial charge in [0.05, 0.1) is 24.5 Å². The Hall–Kier alpha value is -3.11. The first-order valence-corrected chi connectivity index (χ1v) is 12.5. The summed E-state index contributed by atoms with van der Waals surface area (Å²) in [6, 6.07) is 7.55. The molecule has 1 saturated heterocycles. The molecule has 0 radical (unpaired) electrons. The number of hydrogen-bond acceptors (Lipinski definition) is 7. The Labute approximate surface area is 200 Å². The molecule has 10 heteroatoms. The van der Waals surface area contributed by atoms with E-state index >= 15 is 0 Å². The third-order valence-corrected chi connectivity index (χ3v) is 7.12. The molecule has 1 aliphatic rings. The Morgan fingerprint density at radius 1 is 1.15 bits per heavy atom. The molecule has 0 aliphatic carbocycles. The molecule has 0 bridgehead atoms. The minimum atomic E-state index is -0.272. The Kier molecular flexibility index (Phi) is 7.46. The smallest absolute Gasteiger partial charge is 0.231 e. The van der Waals surface area contributed by atoms with Crippen LogP contribution in [0.15, 0.2) is 41.2 Å². The summed E-state index contributed by atoms with van der Waals surface area (Å²) < 4.78 is 0. The number of aryl methyl sites for hydroxylation is 1. The maximum Gasteiger partial charge on any atom is 0.231 e. The van der Waals surface area contributed by atoms with Crippen LogP contribution in [0.1, 0.15) is 29.0 Å². The van der Waals surface area contributed by atoms with E-state index in [2.05, 4.69) is 20.6 Å². The minimum absolute atomic E-state index is 0.0664. The van der Waals surface area contributed by atoms with E-state index in [1.807, 2.05) is 36.6 Å². The highest BCUT2D eigenvalue weighted by molar-refractivity contribution is 7.14. The maximum atomic E-state index is 12.9. The molecule has 0 spiro atoms. The first-order valence-electron chi connectivity index (χ1n) is 10.7. The van der Waals surface area contributed by atoms with Crippen molar-refractivity contribution in [3.8, 4) is 0 Å². The van der Waals surface area contributed by atoms with E-state index in [1.54, 1.807) is 16.5 Å². The predicted octanol–water partition coefficient (Wildman–Crippen LogP) is 3.51. The third kappa shape index (κ3) is 6.23. The van der Waals surface area contributed by atoms with Crippen molar-refractivity contribution in [2.24, 2.45) is 5.92 Å². The van der Waals surface area contributed by atoms with Gasteiger partial charge in [0, 0.05) is 29.5 Å². The van der Waals surface area contributed by atoms with Gasteiger partial charge in [-0.05, 0) is 42.8 Å². The molecule has 0 aromatic carbocycles. The average Bonchev–Trinajstić information content (AvgIpc) is 3.47. The molecule has 3 aromatic rings. The highest BCUT2D eigenvalue weighted by atomic mass is 32.1. The largest absolute Gasteiger partial charge is 0.342 e. The molecule has 1 fully saturated rings. The van der Waals surface area contributed by atoms with Crippen molar-refractivity contribution in [1.82, 2.24) is 14.9 Å². The zero-order valence-electron chi connectivity index (χ0n) is 18.2. The number of anilines is 2. The van der Waals surface area contributed by atoms with Crippen molar-refractivity contribution < 1.29 is 14.4 Å². The number of rotatable bonds is 7. The van der Waals surface area contributed by atoms with Gasteiger partial charge in [-0.3, -0.25) is 14.4 Å². The van der Waals surface area contributed by atoms with Crippen molar-refractivity contribution in [2.45, 2.75) is 32.6 Å². The van der Waals surface area contributed by atoms with Gasteiger partial charge < -0.3 is 15.5 Å². The summed E-state index contributed by atoms with van der Waals surface area (Å²) in [5, 5.41) is 9.89. The second-order valence-corrected chi connectivity index (χ2v) is 9.85. The number of carbonyl (C=O) groups excluding carboxylic acids is 3. The summed E-state index contributed by atoms with van der Waals surface area (Å²) in [4.78, 5) is 49.1. The van der Waals surface area contributed by atoms with E-state index in [0.29, 0.717) is 36.2 Å². The quantitative estimate of drug-likeness (QED) is 0.535. The summed E-state index contributed by atoms with van der Waals surface area (Å²) >= 11 is 2.84. The number of thiazole rings is 1. The summed E-state index contributed by atoms with van der Waals surface area (Å²) in [6.07, 6.45) is 3.60. The topological polar surface area (TPSA) is 104 Å². The highest BCUT2D eigenvalue weighted by Gasteiger charge is 2.29. The number of thiophene rings is 1. The average molecular weight is 484 g/mol. The molecule has 172 valence electrons. The molecular weight excluding hydrogens is 458 g/mol. The van der Waals surface area contributed by atoms with Crippen molar-refractivity contribution in [2.75, 3.05) is 23.7 Å². The van der Waals surface area contributed by atoms with Crippen molar-refractivity contribution in [3.05, 3.63) is 57.4 Å². The number of amides is 3. The van der Waals surface area contributed by atoms with Crippen LogP contribution in [-0.2, 0) is 27.2 Å². The Morgan fingerprint density at radius 2 is 2.03 bits per heavy atom. The van der Waals surface area contributed by atoms with Gasteiger partial charge in [-0.2, -0.15) is 0 Å². The van der Waals surface area contributed by atoms with E-state index < -0.39 is 0 Å². The lowest BCUT2D eigenvalue weighted by Gasteiger charge is -2.32. The van der Waals surface area contributed by atoms with Gasteiger partial charge in [-0.25, -0.2) is 9.97 Å². The molecule has 2 N–H and O–H groups in total. The third-order valence-electron chi connectivity index (χ3n) is 5.44. The van der Waals surface area contributed by atoms with Gasteiger partial charge in [0.2, 0.25) is 17.7 Å². The second-order valence-electron chi connectivity index (χ2n) is 7.96. The lowest BCUT2D eigenvalue weighted by molar-refractivity contribution is -0.134. The molecule has 8 nitrogen and oxygen atoms in total. The molecular formula is C23H25N5O3S2. The number of carbonyl (C=O) groups is 3. The maximum absolute atomic E-state index is 12.9. The van der Waals surface area contributed by atoms with Gasteiger partial charge in [0.1, 0.15) is 5.82 Å². The standard InChI is InChI=1S/C23H25N5O3S2/c1-15-5-2-8-24-21(15)27-22(31)16-6-3-9-28(13-16)20(30)11-17-14-33-23(25-17)26-19(29)12-18-7-4-10-32-18/h2,4-5,7-8,10,14,16H,3,6,9,11-13H2,1H3,(H,24,27,31)(H,25,26,29). The van der Waals surface area contributed by atoms with E-state index in [-0.39, 0.29) is 30.1 Å². The Morgan fingerprint density at radius 3 is 2.82 bits per heavy atom. The summed E-state index contributed by atoms with van der Waals surface area (Å²) in [5.74, 6) is -0.0200. The van der Waals surface area contributed by atoms with E-state index in [0.717, 1.165) is 23.3 Å². The van der Waals surface area contributed by atoms with Gasteiger partial charge >= 0.3 is 0 Å². The van der Waals surface area contributed by atoms with Crippen LogP contribution >= 0.6 is 22.7 Å². The number of pyridine rings is 1. The van der Waals surface area contributed by atoms with Crippen LogP contribution in [0.5, 0.6) is 0 Å². The van der Waals surface area contributed by atoms with Crippen molar-refractivity contribution in [3.63, 3.8) is 0 Å². The van der Waals surface area contributed by atoms with Crippen LogP contribution in [0.4, 0.5) is 10.9 Å². The molecule has 1 atom stereocenters. The van der Waals surface area contributed by atoms with Crippen LogP contribution in [-0.4, -0.2) is 45.7 Å². The highest BCUT2D eigenvalue weighted by Crippen LogP contribution is 2.22. The number of nitrogens with zero attached hydrogens (tertiary/aromatic N) is 3. The molecule has 4 rings (SSSR count). The van der Waals surface area contributed by atoms with E-state index in [9.17, 15) is 14.4 Å². The molecule has 3 aromatic heterocycles. The normalized spacial score (nSPS) is 15.8. The number of piperidine rings is 1. The zero-order chi connectivity index (χ0) is 23.2. The first-order chi connectivity index (χ1) is 16.0. The lowest BCUT2D eigenvalue weighted by Crippen LogP contribution is -2.44. The van der Waals surface area contributed by atoms with Crippen LogP contribution in [0.25, 0.3) is 0 Å². The summed E-state index contributed by atoms with van der Waals surface area (Å²) in [5.41, 5.74) is 1.52. The van der Waals surface area contributed by atoms with Crippen LogP contribution in [0.2, 0.25) is 0 Å². The fraction of sp³-hybridized carbons (Fsp3) is 0.348. The van der Waals surface area contributed by atoms with Crippen LogP contribution in [0.3, 0.4) is 0 Å². The fourth-order valence-corrected chi connectivity index (χ4v) is 5.13. The monoisotopic (exact) mass is 483 g/mol. The number of likely N-dealkylation sites (tertiary alicyclic amines) is 1. The van der Waals surface area contributed by atoms with Gasteiger partial charge in [0.15, 0.2) is 5.13 Å². The first kappa shape index (κ1) is 23.1. The number of nitrogens with one attached hydrogen (secondary N) is 2. The van der Waals surface area contributed by atoms with Gasteiger partial charge in [-0.1, -0.05) is 12.1 Å². The molecule has 4 heterocycles. The Balaban J connectivity index is 1.29. The molecule has 1 unspecified atom stereocenters. The van der Waals surface area contributed by atoms with Crippen molar-refractivity contribution >= 4 is 51.3 Å². The van der Waals surface area contributed by atoms with Gasteiger partial charge in [-0.15, -0.1) is 22.7 Å². The van der Waals surface area contributed by atoms with Crippen LogP contribution < -0.4 is 10.6 Å². The van der Waals surface area contributed by atoms with Crippen molar-refractivity contribution in [1.29, 1.82) is 0 Å².